The van der Waals surface area contributed by atoms with Crippen LogP contribution in [0.25, 0.3) is 0 Å². The molecule has 0 radical (unpaired) electrons. The lowest BCUT2D eigenvalue weighted by molar-refractivity contribution is -0.124. The molecule has 3 unspecified atom stereocenters. The van der Waals surface area contributed by atoms with Crippen molar-refractivity contribution in [3.63, 3.8) is 0 Å². The fraction of sp³-hybridized carbons (Fsp3) is 0.923. The molecule has 0 aliphatic rings. The Labute approximate surface area is 274 Å². The molecule has 0 fully saturated rings. The van der Waals surface area contributed by atoms with E-state index >= 15 is 0 Å². The molecule has 0 aliphatic heterocycles. The number of unbranched alkanes of at least 4 members (excludes halogenated alkanes) is 25. The van der Waals surface area contributed by atoms with E-state index in [9.17, 15) is 20.1 Å². The van der Waals surface area contributed by atoms with Crippen molar-refractivity contribution in [2.24, 2.45) is 0 Å². The van der Waals surface area contributed by atoms with E-state index in [1.54, 1.807) is 0 Å². The van der Waals surface area contributed by atoms with Crippen LogP contribution in [0.2, 0.25) is 0 Å². The fourth-order valence-electron chi connectivity index (χ4n) is 6.04. The quantitative estimate of drug-likeness (QED) is 0.0418. The molecule has 4 N–H and O–H groups in total. The van der Waals surface area contributed by atoms with Crippen molar-refractivity contribution in [2.75, 3.05) is 6.61 Å². The fourth-order valence-corrected chi connectivity index (χ4v) is 6.04. The van der Waals surface area contributed by atoms with Gasteiger partial charge in [-0.25, -0.2) is 0 Å². The second-order valence-corrected chi connectivity index (χ2v) is 13.5. The molecule has 0 bridgehead atoms. The van der Waals surface area contributed by atoms with E-state index in [1.807, 2.05) is 0 Å². The van der Waals surface area contributed by atoms with Gasteiger partial charge in [0.15, 0.2) is 0 Å². The second kappa shape index (κ2) is 35.0. The van der Waals surface area contributed by atoms with Crippen LogP contribution in [0.4, 0.5) is 0 Å². The Bertz CT molecular complexity index is 611. The van der Waals surface area contributed by atoms with Crippen molar-refractivity contribution in [3.8, 4) is 0 Å². The summed E-state index contributed by atoms with van der Waals surface area (Å²) in [6, 6.07) is -0.812. The molecule has 1 amide bonds. The van der Waals surface area contributed by atoms with Crippen LogP contribution >= 0.6 is 0 Å². The van der Waals surface area contributed by atoms with Gasteiger partial charge in [0.05, 0.1) is 18.8 Å². The third-order valence-electron chi connectivity index (χ3n) is 9.12. The van der Waals surface area contributed by atoms with E-state index in [0.717, 1.165) is 44.9 Å². The number of aliphatic hydroxyl groups excluding tert-OH is 3. The van der Waals surface area contributed by atoms with Gasteiger partial charge in [-0.1, -0.05) is 174 Å². The lowest BCUT2D eigenvalue weighted by Gasteiger charge is -2.26. The van der Waals surface area contributed by atoms with Gasteiger partial charge in [-0.3, -0.25) is 4.79 Å². The van der Waals surface area contributed by atoms with Gasteiger partial charge in [-0.15, -0.1) is 0 Å². The summed E-state index contributed by atoms with van der Waals surface area (Å²) in [6.45, 7) is 4.16. The molecule has 0 saturated carbocycles. The molecule has 262 valence electrons. The number of rotatable bonds is 35. The highest BCUT2D eigenvalue weighted by atomic mass is 16.3. The van der Waals surface area contributed by atoms with Crippen LogP contribution < -0.4 is 5.32 Å². The summed E-state index contributed by atoms with van der Waals surface area (Å²) in [4.78, 5) is 12.3. The molecule has 0 heterocycles. The Hall–Kier alpha value is -0.910. The summed E-state index contributed by atoms with van der Waals surface area (Å²) in [7, 11) is 0. The zero-order valence-corrected chi connectivity index (χ0v) is 29.6. The van der Waals surface area contributed by atoms with Crippen LogP contribution in [0.15, 0.2) is 12.2 Å². The van der Waals surface area contributed by atoms with Crippen LogP contribution in [0, 0.1) is 0 Å². The molecular formula is C39H77NO4. The Morgan fingerprint density at radius 1 is 0.545 bits per heavy atom. The summed E-state index contributed by atoms with van der Waals surface area (Å²) in [5, 5.41) is 33.4. The molecule has 5 heteroatoms. The molecule has 44 heavy (non-hydrogen) atoms. The zero-order valence-electron chi connectivity index (χ0n) is 29.6. The average molecular weight is 624 g/mol. The Balaban J connectivity index is 3.67. The summed E-state index contributed by atoms with van der Waals surface area (Å²) < 4.78 is 0. The number of nitrogens with one attached hydrogen (secondary N) is 1. The Kier molecular flexibility index (Phi) is 34.2. The van der Waals surface area contributed by atoms with E-state index < -0.39 is 18.2 Å². The van der Waals surface area contributed by atoms with Gasteiger partial charge in [-0.2, -0.15) is 0 Å². The number of amides is 1. The Morgan fingerprint density at radius 3 is 1.32 bits per heavy atom. The van der Waals surface area contributed by atoms with Crippen LogP contribution in [0.1, 0.15) is 206 Å². The minimum atomic E-state index is -1.14. The number of carbonyl (C=O) groups excluding carboxylic acids is 1. The van der Waals surface area contributed by atoms with Gasteiger partial charge in [0.2, 0.25) is 5.91 Å². The van der Waals surface area contributed by atoms with E-state index in [0.29, 0.717) is 12.8 Å². The molecule has 0 aromatic carbocycles. The van der Waals surface area contributed by atoms with Crippen molar-refractivity contribution in [1.82, 2.24) is 5.32 Å². The van der Waals surface area contributed by atoms with Crippen LogP contribution in [-0.4, -0.2) is 46.1 Å². The first kappa shape index (κ1) is 43.1. The molecule has 3 atom stereocenters. The lowest BCUT2D eigenvalue weighted by atomic mass is 9.99. The van der Waals surface area contributed by atoms with Crippen molar-refractivity contribution in [1.29, 1.82) is 0 Å². The van der Waals surface area contributed by atoms with Crippen LogP contribution in [0.3, 0.4) is 0 Å². The lowest BCUT2D eigenvalue weighted by Crippen LogP contribution is -2.50. The number of hydrogen-bond donors (Lipinski definition) is 4. The zero-order chi connectivity index (χ0) is 32.4. The van der Waals surface area contributed by atoms with Crippen molar-refractivity contribution < 1.29 is 20.1 Å². The molecule has 0 aromatic rings. The second-order valence-electron chi connectivity index (χ2n) is 13.5. The van der Waals surface area contributed by atoms with Gasteiger partial charge in [-0.05, 0) is 38.5 Å². The summed E-state index contributed by atoms with van der Waals surface area (Å²) >= 11 is 0. The van der Waals surface area contributed by atoms with Crippen molar-refractivity contribution >= 4 is 5.91 Å². The van der Waals surface area contributed by atoms with E-state index in [4.69, 9.17) is 0 Å². The Morgan fingerprint density at radius 2 is 0.909 bits per heavy atom. The molecule has 0 rings (SSSR count). The monoisotopic (exact) mass is 624 g/mol. The molecule has 0 aromatic heterocycles. The predicted octanol–water partition coefficient (Wildman–Crippen LogP) is 10.5. The maximum Gasteiger partial charge on any atom is 0.220 e. The highest BCUT2D eigenvalue weighted by Gasteiger charge is 2.26. The average Bonchev–Trinajstić information content (AvgIpc) is 3.03. The number of carbonyl (C=O) groups is 1. The highest BCUT2D eigenvalue weighted by molar-refractivity contribution is 5.76. The summed E-state index contributed by atoms with van der Waals surface area (Å²) in [6.07, 6.45) is 38.8. The van der Waals surface area contributed by atoms with Gasteiger partial charge in [0.1, 0.15) is 6.10 Å². The van der Waals surface area contributed by atoms with Gasteiger partial charge < -0.3 is 20.6 Å². The first-order valence-corrected chi connectivity index (χ1v) is 19.5. The van der Waals surface area contributed by atoms with Gasteiger partial charge in [0.25, 0.3) is 0 Å². The molecule has 0 spiro atoms. The topological polar surface area (TPSA) is 89.8 Å². The molecule has 5 nitrogen and oxygen atoms in total. The first-order valence-electron chi connectivity index (χ1n) is 19.5. The predicted molar refractivity (Wildman–Crippen MR) is 190 cm³/mol. The van der Waals surface area contributed by atoms with Crippen molar-refractivity contribution in [3.05, 3.63) is 12.2 Å². The SMILES string of the molecule is CCCCCCCC/C=C\CCCCCC(=O)NC(CO)C(O)C(O)CCCCCCCCCCCCCCCCCCC. The standard InChI is InChI=1S/C39H77NO4/c1-3-5-7-9-11-13-15-17-18-19-20-22-23-25-27-29-31-33-37(42)39(44)36(35-41)40-38(43)34-32-30-28-26-24-21-16-14-12-10-8-6-4-2/h21,24,36-37,39,41-42,44H,3-20,22-23,25-35H2,1-2H3,(H,40,43)/b24-21-. The van der Waals surface area contributed by atoms with Crippen molar-refractivity contribution in [2.45, 2.75) is 225 Å². The van der Waals surface area contributed by atoms with Crippen LogP contribution in [0.5, 0.6) is 0 Å². The molecule has 0 saturated heterocycles. The molecule has 0 aliphatic carbocycles. The molecular weight excluding hydrogens is 546 g/mol. The number of hydrogen-bond acceptors (Lipinski definition) is 4. The minimum Gasteiger partial charge on any atom is -0.394 e. The summed E-state index contributed by atoms with van der Waals surface area (Å²) in [5.74, 6) is -0.160. The third kappa shape index (κ3) is 29.8. The van der Waals surface area contributed by atoms with E-state index in [1.165, 1.54) is 135 Å². The minimum absolute atomic E-state index is 0.160. The van der Waals surface area contributed by atoms with E-state index in [2.05, 4.69) is 31.3 Å². The normalized spacial score (nSPS) is 13.8. The maximum absolute atomic E-state index is 12.3. The number of allylic oxidation sites excluding steroid dienone is 2. The largest absolute Gasteiger partial charge is 0.394 e. The maximum atomic E-state index is 12.3. The van der Waals surface area contributed by atoms with Gasteiger partial charge in [0, 0.05) is 6.42 Å². The van der Waals surface area contributed by atoms with Gasteiger partial charge >= 0.3 is 0 Å². The number of aliphatic hydroxyl groups is 3. The third-order valence-corrected chi connectivity index (χ3v) is 9.12. The first-order chi connectivity index (χ1) is 21.6. The van der Waals surface area contributed by atoms with E-state index in [-0.39, 0.29) is 12.5 Å². The van der Waals surface area contributed by atoms with Crippen LogP contribution in [-0.2, 0) is 4.79 Å². The smallest absolute Gasteiger partial charge is 0.220 e. The highest BCUT2D eigenvalue weighted by Crippen LogP contribution is 2.16. The summed E-state index contributed by atoms with van der Waals surface area (Å²) in [5.41, 5.74) is 0.